The largest absolute Gasteiger partial charge is 0.390 e. The molecule has 31 heavy (non-hydrogen) atoms. The second kappa shape index (κ2) is 7.76. The summed E-state index contributed by atoms with van der Waals surface area (Å²) in [6.07, 6.45) is 4.71. The van der Waals surface area contributed by atoms with E-state index in [4.69, 9.17) is 9.97 Å². The number of aliphatic hydroxyl groups is 1. The summed E-state index contributed by atoms with van der Waals surface area (Å²) < 4.78 is 0. The maximum Gasteiger partial charge on any atom is 0.153 e. The van der Waals surface area contributed by atoms with Gasteiger partial charge in [0.2, 0.25) is 0 Å². The zero-order valence-electron chi connectivity index (χ0n) is 18.8. The van der Waals surface area contributed by atoms with Gasteiger partial charge in [-0.3, -0.25) is 0 Å². The molecule has 0 amide bonds. The van der Waals surface area contributed by atoms with Crippen LogP contribution in [-0.4, -0.2) is 28.2 Å². The maximum atomic E-state index is 10.1. The zero-order chi connectivity index (χ0) is 21.6. The number of hydrogen-bond donors (Lipinski definition) is 1. The molecular weight excluding hydrogens is 382 g/mol. The minimum absolute atomic E-state index is 0.0897. The Kier molecular flexibility index (Phi) is 5.05. The Hall–Kier alpha value is -2.72. The van der Waals surface area contributed by atoms with Gasteiger partial charge < -0.3 is 10.0 Å². The molecule has 160 valence electrons. The Morgan fingerprint density at radius 1 is 0.903 bits per heavy atom. The van der Waals surface area contributed by atoms with E-state index in [0.29, 0.717) is 11.1 Å². The molecule has 1 aliphatic heterocycles. The fourth-order valence-electron chi connectivity index (χ4n) is 5.48. The van der Waals surface area contributed by atoms with E-state index in [2.05, 4.69) is 61.2 Å². The van der Waals surface area contributed by atoms with E-state index >= 15 is 0 Å². The van der Waals surface area contributed by atoms with Gasteiger partial charge in [0.1, 0.15) is 5.69 Å². The van der Waals surface area contributed by atoms with E-state index in [0.717, 1.165) is 48.7 Å². The SMILES string of the molecule is Cc1cccc(-c2nc(CO)c(N3CCC4(CC3)Cc3ccccc3C4)nc2C)c1C. The number of hydrogen-bond acceptors (Lipinski definition) is 4. The molecule has 4 nitrogen and oxygen atoms in total. The third-order valence-corrected chi connectivity index (χ3v) is 7.50. The molecule has 3 aromatic rings. The van der Waals surface area contributed by atoms with E-state index in [1.807, 2.05) is 6.92 Å². The van der Waals surface area contributed by atoms with Crippen LogP contribution in [0.5, 0.6) is 0 Å². The van der Waals surface area contributed by atoms with Gasteiger partial charge in [0.25, 0.3) is 0 Å². The predicted octanol–water partition coefficient (Wildman–Crippen LogP) is 4.95. The van der Waals surface area contributed by atoms with Crippen molar-refractivity contribution in [3.63, 3.8) is 0 Å². The molecule has 5 rings (SSSR count). The van der Waals surface area contributed by atoms with Crippen LogP contribution in [0.1, 0.15) is 46.5 Å². The third-order valence-electron chi connectivity index (χ3n) is 7.50. The maximum absolute atomic E-state index is 10.1. The minimum Gasteiger partial charge on any atom is -0.390 e. The number of nitrogens with zero attached hydrogens (tertiary/aromatic N) is 3. The molecule has 0 radical (unpaired) electrons. The van der Waals surface area contributed by atoms with Gasteiger partial charge >= 0.3 is 0 Å². The lowest BCUT2D eigenvalue weighted by Gasteiger charge is -2.40. The Bertz CT molecular complexity index is 1100. The van der Waals surface area contributed by atoms with Crippen LogP contribution in [0.4, 0.5) is 5.82 Å². The third kappa shape index (κ3) is 3.53. The number of rotatable bonds is 3. The standard InChI is InChI=1S/C27H31N3O/c1-18-7-6-10-23(19(18)2)25-20(3)28-26(24(17-31)29-25)30-13-11-27(12-14-30)15-21-8-4-5-9-22(21)16-27/h4-10,31H,11-17H2,1-3H3. The van der Waals surface area contributed by atoms with Crippen LogP contribution < -0.4 is 4.90 Å². The number of aromatic nitrogens is 2. The highest BCUT2D eigenvalue weighted by Gasteiger charge is 2.40. The smallest absolute Gasteiger partial charge is 0.153 e. The van der Waals surface area contributed by atoms with Crippen LogP contribution in [0.25, 0.3) is 11.3 Å². The van der Waals surface area contributed by atoms with Gasteiger partial charge in [-0.25, -0.2) is 9.97 Å². The monoisotopic (exact) mass is 413 g/mol. The van der Waals surface area contributed by atoms with Gasteiger partial charge in [0.05, 0.1) is 18.0 Å². The molecule has 2 aliphatic rings. The van der Waals surface area contributed by atoms with E-state index in [1.54, 1.807) is 0 Å². The number of benzene rings is 2. The Morgan fingerprint density at radius 3 is 2.23 bits per heavy atom. The van der Waals surface area contributed by atoms with Gasteiger partial charge in [-0.15, -0.1) is 0 Å². The lowest BCUT2D eigenvalue weighted by atomic mass is 9.76. The average Bonchev–Trinajstić information content (AvgIpc) is 3.14. The average molecular weight is 414 g/mol. The predicted molar refractivity (Wildman–Crippen MR) is 125 cm³/mol. The summed E-state index contributed by atoms with van der Waals surface area (Å²) in [6.45, 7) is 8.13. The van der Waals surface area contributed by atoms with Crippen molar-refractivity contribution in [3.8, 4) is 11.3 Å². The molecule has 0 bridgehead atoms. The lowest BCUT2D eigenvalue weighted by molar-refractivity contribution is 0.231. The Morgan fingerprint density at radius 2 is 1.58 bits per heavy atom. The quantitative estimate of drug-likeness (QED) is 0.660. The number of aryl methyl sites for hydroxylation is 2. The molecule has 1 N–H and O–H groups in total. The first-order valence-electron chi connectivity index (χ1n) is 11.4. The second-order valence-electron chi connectivity index (χ2n) is 9.44. The summed E-state index contributed by atoms with van der Waals surface area (Å²) in [5.74, 6) is 0.861. The first-order valence-corrected chi connectivity index (χ1v) is 11.4. The normalized spacial score (nSPS) is 17.2. The van der Waals surface area contributed by atoms with Crippen LogP contribution in [0.2, 0.25) is 0 Å². The molecule has 2 aromatic carbocycles. The molecule has 1 spiro atoms. The number of piperidine rings is 1. The lowest BCUT2D eigenvalue weighted by Crippen LogP contribution is -2.41. The molecule has 4 heteroatoms. The number of aliphatic hydroxyl groups excluding tert-OH is 1. The van der Waals surface area contributed by atoms with Crippen LogP contribution in [0, 0.1) is 26.2 Å². The summed E-state index contributed by atoms with van der Waals surface area (Å²) in [5.41, 5.74) is 9.51. The van der Waals surface area contributed by atoms with Gasteiger partial charge in [0, 0.05) is 18.7 Å². The van der Waals surface area contributed by atoms with E-state index < -0.39 is 0 Å². The van der Waals surface area contributed by atoms with Crippen molar-refractivity contribution < 1.29 is 5.11 Å². The Balaban J connectivity index is 1.40. The molecular formula is C27H31N3O. The molecule has 1 aromatic heterocycles. The van der Waals surface area contributed by atoms with Crippen molar-refractivity contribution in [1.82, 2.24) is 9.97 Å². The highest BCUT2D eigenvalue weighted by molar-refractivity contribution is 5.68. The number of fused-ring (bicyclic) bond motifs is 1. The van der Waals surface area contributed by atoms with Gasteiger partial charge in [-0.2, -0.15) is 0 Å². The van der Waals surface area contributed by atoms with Crippen LogP contribution in [0.15, 0.2) is 42.5 Å². The summed E-state index contributed by atoms with van der Waals surface area (Å²) in [4.78, 5) is 12.2. The summed E-state index contributed by atoms with van der Waals surface area (Å²) in [5, 5.41) is 10.1. The summed E-state index contributed by atoms with van der Waals surface area (Å²) >= 11 is 0. The van der Waals surface area contributed by atoms with Crippen LogP contribution in [-0.2, 0) is 19.4 Å². The topological polar surface area (TPSA) is 49.3 Å². The van der Waals surface area contributed by atoms with E-state index in [1.165, 1.54) is 35.1 Å². The Labute approximate surface area is 185 Å². The molecule has 1 saturated heterocycles. The summed E-state index contributed by atoms with van der Waals surface area (Å²) in [6, 6.07) is 15.2. The van der Waals surface area contributed by atoms with Gasteiger partial charge in [-0.1, -0.05) is 42.5 Å². The number of anilines is 1. The molecule has 0 atom stereocenters. The van der Waals surface area contributed by atoms with Crippen molar-refractivity contribution in [3.05, 3.63) is 76.1 Å². The van der Waals surface area contributed by atoms with Crippen molar-refractivity contribution in [2.45, 2.75) is 53.1 Å². The van der Waals surface area contributed by atoms with Crippen molar-refractivity contribution in [2.24, 2.45) is 5.41 Å². The molecule has 2 heterocycles. The van der Waals surface area contributed by atoms with E-state index in [9.17, 15) is 5.11 Å². The highest BCUT2D eigenvalue weighted by atomic mass is 16.3. The first-order chi connectivity index (χ1) is 15.0. The first kappa shape index (κ1) is 20.2. The van der Waals surface area contributed by atoms with Crippen molar-refractivity contribution in [2.75, 3.05) is 18.0 Å². The van der Waals surface area contributed by atoms with Crippen molar-refractivity contribution in [1.29, 1.82) is 0 Å². The molecule has 0 unspecified atom stereocenters. The van der Waals surface area contributed by atoms with Crippen LogP contribution >= 0.6 is 0 Å². The van der Waals surface area contributed by atoms with Crippen molar-refractivity contribution >= 4 is 5.82 Å². The minimum atomic E-state index is -0.0897. The molecule has 1 fully saturated rings. The fourth-order valence-corrected chi connectivity index (χ4v) is 5.48. The van der Waals surface area contributed by atoms with Gasteiger partial charge in [0.15, 0.2) is 5.82 Å². The second-order valence-corrected chi connectivity index (χ2v) is 9.44. The molecule has 0 saturated carbocycles. The molecule has 1 aliphatic carbocycles. The van der Waals surface area contributed by atoms with Gasteiger partial charge in [-0.05, 0) is 74.1 Å². The summed E-state index contributed by atoms with van der Waals surface area (Å²) in [7, 11) is 0. The van der Waals surface area contributed by atoms with E-state index in [-0.39, 0.29) is 6.61 Å². The highest BCUT2D eigenvalue weighted by Crippen LogP contribution is 2.45. The zero-order valence-corrected chi connectivity index (χ0v) is 18.8. The fraction of sp³-hybridized carbons (Fsp3) is 0.407. The van der Waals surface area contributed by atoms with Crippen LogP contribution in [0.3, 0.4) is 0 Å².